The molecule has 1 aromatic carbocycles. The monoisotopic (exact) mass is 475 g/mol. The van der Waals surface area contributed by atoms with E-state index in [2.05, 4.69) is 15.3 Å². The maximum Gasteiger partial charge on any atom is 0.267 e. The zero-order valence-electron chi connectivity index (χ0n) is 18.1. The van der Waals surface area contributed by atoms with Gasteiger partial charge in [-0.25, -0.2) is 4.98 Å². The van der Waals surface area contributed by atoms with Crippen LogP contribution < -0.4 is 11.1 Å². The molecule has 1 fully saturated rings. The number of rotatable bonds is 6. The maximum absolute atomic E-state index is 13.1. The van der Waals surface area contributed by atoms with Crippen LogP contribution in [0.15, 0.2) is 42.7 Å². The summed E-state index contributed by atoms with van der Waals surface area (Å²) in [6.45, 7) is 0.295. The first kappa shape index (κ1) is 21.9. The van der Waals surface area contributed by atoms with Crippen LogP contribution in [0, 0.1) is 0 Å². The average molecular weight is 476 g/mol. The number of nitrogens with two attached hydrogens (primary N) is 1. The number of piperidine rings is 1. The average Bonchev–Trinajstić information content (AvgIpc) is 3.43. The molecule has 0 spiro atoms. The molecular formula is C24H21N5O4S. The second-order valence-electron chi connectivity index (χ2n) is 8.24. The van der Waals surface area contributed by atoms with Crippen LogP contribution in [0.3, 0.4) is 0 Å². The number of carbonyl (C=O) groups is 4. The van der Waals surface area contributed by atoms with Gasteiger partial charge in [0.15, 0.2) is 0 Å². The van der Waals surface area contributed by atoms with Gasteiger partial charge in [-0.1, -0.05) is 18.2 Å². The number of aryl methyl sites for hydroxylation is 2. The highest BCUT2D eigenvalue weighted by molar-refractivity contribution is 7.15. The van der Waals surface area contributed by atoms with Crippen molar-refractivity contribution < 1.29 is 19.2 Å². The van der Waals surface area contributed by atoms with Crippen LogP contribution in [-0.2, 0) is 29.0 Å². The second-order valence-corrected chi connectivity index (χ2v) is 9.35. The van der Waals surface area contributed by atoms with Gasteiger partial charge in [0.25, 0.3) is 11.8 Å². The number of hydrogen-bond acceptors (Lipinski definition) is 7. The molecule has 2 aliphatic heterocycles. The van der Waals surface area contributed by atoms with Crippen LogP contribution in [0.1, 0.15) is 49.7 Å². The Balaban J connectivity index is 1.36. The van der Waals surface area contributed by atoms with Gasteiger partial charge in [-0.05, 0) is 42.5 Å². The minimum Gasteiger partial charge on any atom is -0.364 e. The van der Waals surface area contributed by atoms with E-state index in [4.69, 9.17) is 5.73 Å². The van der Waals surface area contributed by atoms with Gasteiger partial charge in [0.1, 0.15) is 16.7 Å². The molecule has 0 aliphatic carbocycles. The van der Waals surface area contributed by atoms with Gasteiger partial charge < -0.3 is 10.6 Å². The Labute approximate surface area is 199 Å². The number of amides is 4. The third-order valence-electron chi connectivity index (χ3n) is 6.13. The van der Waals surface area contributed by atoms with Crippen molar-refractivity contribution in [2.75, 3.05) is 0 Å². The molecule has 10 heteroatoms. The van der Waals surface area contributed by atoms with E-state index in [1.807, 2.05) is 18.2 Å². The van der Waals surface area contributed by atoms with Gasteiger partial charge in [0.2, 0.25) is 11.8 Å². The zero-order valence-corrected chi connectivity index (χ0v) is 18.9. The summed E-state index contributed by atoms with van der Waals surface area (Å²) in [6.07, 6.45) is 5.15. The standard InChI is InChI=1S/C24H21N5O4S/c25-21(31)20-13(3-2-10-26-20)6-7-14-11-27-23(34-14)15-4-1-5-16-17(15)12-29(24(16)33)18-8-9-19(30)28-22(18)32/h1-5,10-11,18H,6-9,12H2,(H2,25,31)(H,28,30,32). The molecule has 172 valence electrons. The predicted octanol–water partition coefficient (Wildman–Crippen LogP) is 1.85. The molecule has 0 radical (unpaired) electrons. The fourth-order valence-electron chi connectivity index (χ4n) is 4.45. The molecule has 2 aliphatic rings. The molecule has 0 saturated carbocycles. The van der Waals surface area contributed by atoms with Crippen LogP contribution in [0.5, 0.6) is 0 Å². The smallest absolute Gasteiger partial charge is 0.267 e. The first-order chi connectivity index (χ1) is 16.4. The fraction of sp³-hybridized carbons (Fsp3) is 0.250. The van der Waals surface area contributed by atoms with Crippen LogP contribution in [-0.4, -0.2) is 44.5 Å². The SMILES string of the molecule is NC(=O)c1ncccc1CCc1cnc(-c2cccc3c2CN(C2CCC(=O)NC2=O)C3=O)s1. The molecule has 0 bridgehead atoms. The fourth-order valence-corrected chi connectivity index (χ4v) is 5.42. The van der Waals surface area contributed by atoms with Crippen LogP contribution >= 0.6 is 11.3 Å². The van der Waals surface area contributed by atoms with E-state index in [0.717, 1.165) is 26.6 Å². The number of thiazole rings is 1. The Morgan fingerprint density at radius 3 is 2.74 bits per heavy atom. The highest BCUT2D eigenvalue weighted by Crippen LogP contribution is 2.36. The second kappa shape index (κ2) is 8.79. The van der Waals surface area contributed by atoms with Crippen molar-refractivity contribution in [2.45, 2.75) is 38.3 Å². The van der Waals surface area contributed by atoms with E-state index in [0.29, 0.717) is 31.4 Å². The van der Waals surface area contributed by atoms with Gasteiger partial charge in [-0.15, -0.1) is 11.3 Å². The summed E-state index contributed by atoms with van der Waals surface area (Å²) in [5, 5.41) is 3.11. The predicted molar refractivity (Wildman–Crippen MR) is 124 cm³/mol. The minimum absolute atomic E-state index is 0.210. The van der Waals surface area contributed by atoms with Gasteiger partial charge in [-0.2, -0.15) is 0 Å². The molecule has 4 heterocycles. The van der Waals surface area contributed by atoms with E-state index in [1.54, 1.807) is 24.5 Å². The Bertz CT molecular complexity index is 1330. The minimum atomic E-state index is -0.656. The number of hydrogen-bond donors (Lipinski definition) is 2. The summed E-state index contributed by atoms with van der Waals surface area (Å²) in [5.74, 6) is -1.50. The lowest BCUT2D eigenvalue weighted by Crippen LogP contribution is -2.52. The third-order valence-corrected chi connectivity index (χ3v) is 7.22. The van der Waals surface area contributed by atoms with E-state index in [9.17, 15) is 19.2 Å². The molecule has 3 aromatic rings. The summed E-state index contributed by atoms with van der Waals surface area (Å²) in [7, 11) is 0. The van der Waals surface area contributed by atoms with Crippen LogP contribution in [0.25, 0.3) is 10.6 Å². The molecule has 1 atom stereocenters. The van der Waals surface area contributed by atoms with Crippen molar-refractivity contribution in [3.8, 4) is 10.6 Å². The number of benzene rings is 1. The number of nitrogens with zero attached hydrogens (tertiary/aromatic N) is 3. The lowest BCUT2D eigenvalue weighted by atomic mass is 10.0. The zero-order chi connectivity index (χ0) is 23.8. The Kier molecular flexibility index (Phi) is 5.66. The van der Waals surface area contributed by atoms with Crippen molar-refractivity contribution in [2.24, 2.45) is 5.73 Å². The Morgan fingerprint density at radius 1 is 1.12 bits per heavy atom. The molecule has 1 saturated heterocycles. The molecule has 34 heavy (non-hydrogen) atoms. The van der Waals surface area contributed by atoms with E-state index in [-0.39, 0.29) is 23.9 Å². The van der Waals surface area contributed by atoms with E-state index >= 15 is 0 Å². The molecular weight excluding hydrogens is 454 g/mol. The number of aromatic nitrogens is 2. The quantitative estimate of drug-likeness (QED) is 0.523. The molecule has 4 amide bonds. The number of imide groups is 1. The van der Waals surface area contributed by atoms with Crippen molar-refractivity contribution in [3.63, 3.8) is 0 Å². The van der Waals surface area contributed by atoms with E-state index in [1.165, 1.54) is 16.2 Å². The van der Waals surface area contributed by atoms with Gasteiger partial charge in [0, 0.05) is 41.4 Å². The first-order valence-electron chi connectivity index (χ1n) is 10.9. The molecule has 3 N–H and O–H groups in total. The van der Waals surface area contributed by atoms with Crippen molar-refractivity contribution >= 4 is 35.0 Å². The number of pyridine rings is 1. The lowest BCUT2D eigenvalue weighted by molar-refractivity contribution is -0.136. The van der Waals surface area contributed by atoms with Crippen LogP contribution in [0.2, 0.25) is 0 Å². The largest absolute Gasteiger partial charge is 0.364 e. The molecule has 9 nitrogen and oxygen atoms in total. The summed E-state index contributed by atoms with van der Waals surface area (Å²) in [4.78, 5) is 59.7. The van der Waals surface area contributed by atoms with Crippen molar-refractivity contribution in [1.29, 1.82) is 0 Å². The highest BCUT2D eigenvalue weighted by atomic mass is 32.1. The third kappa shape index (κ3) is 3.96. The molecule has 5 rings (SSSR count). The number of carbonyl (C=O) groups excluding carboxylic acids is 4. The summed E-state index contributed by atoms with van der Waals surface area (Å²) in [6, 6.07) is 8.46. The number of nitrogens with one attached hydrogen (secondary N) is 1. The normalized spacial score (nSPS) is 17.6. The molecule has 2 aromatic heterocycles. The lowest BCUT2D eigenvalue weighted by Gasteiger charge is -2.29. The van der Waals surface area contributed by atoms with Gasteiger partial charge in [-0.3, -0.25) is 29.5 Å². The van der Waals surface area contributed by atoms with Crippen molar-refractivity contribution in [1.82, 2.24) is 20.2 Å². The van der Waals surface area contributed by atoms with Crippen molar-refractivity contribution in [3.05, 3.63) is 70.0 Å². The topological polar surface area (TPSA) is 135 Å². The summed E-state index contributed by atoms with van der Waals surface area (Å²) in [5.41, 5.74) is 8.74. The first-order valence-corrected chi connectivity index (χ1v) is 11.7. The Morgan fingerprint density at radius 2 is 1.94 bits per heavy atom. The number of fused-ring (bicyclic) bond motifs is 1. The highest BCUT2D eigenvalue weighted by Gasteiger charge is 2.40. The van der Waals surface area contributed by atoms with Gasteiger partial charge >= 0.3 is 0 Å². The maximum atomic E-state index is 13.1. The number of primary amides is 1. The van der Waals surface area contributed by atoms with Gasteiger partial charge in [0.05, 0.1) is 0 Å². The Hall–Kier alpha value is -3.92. The van der Waals surface area contributed by atoms with Crippen LogP contribution in [0.4, 0.5) is 0 Å². The molecule has 1 unspecified atom stereocenters. The van der Waals surface area contributed by atoms with E-state index < -0.39 is 17.9 Å². The summed E-state index contributed by atoms with van der Waals surface area (Å²) >= 11 is 1.52. The summed E-state index contributed by atoms with van der Waals surface area (Å²) < 4.78 is 0.